The fraction of sp³-hybridized carbons (Fsp3) is 0.345. The molecule has 4 aliphatic carbocycles. The van der Waals surface area contributed by atoms with E-state index in [1.807, 2.05) is 127 Å². The lowest BCUT2D eigenvalue weighted by molar-refractivity contribution is 0.0198. The molecule has 4 bridgehead atoms. The first-order chi connectivity index (χ1) is 31.3. The molecule has 0 N–H and O–H groups in total. The Balaban J connectivity index is 0.000000144. The number of methoxy groups -OCH3 is 9. The highest BCUT2D eigenvalue weighted by Crippen LogP contribution is 2.53. The summed E-state index contributed by atoms with van der Waals surface area (Å²) in [6, 6.07) is 41.0. The van der Waals surface area contributed by atoms with Crippen LogP contribution < -0.4 is 42.6 Å². The van der Waals surface area contributed by atoms with Crippen molar-refractivity contribution >= 4 is 0 Å². The van der Waals surface area contributed by atoms with Gasteiger partial charge >= 0.3 is 0 Å². The zero-order valence-electron chi connectivity index (χ0n) is 38.9. The number of para-hydroxylation sites is 3. The van der Waals surface area contributed by atoms with E-state index >= 15 is 0 Å². The molecule has 0 saturated heterocycles. The fourth-order valence-corrected chi connectivity index (χ4v) is 9.64. The maximum atomic E-state index is 5.42. The molecule has 4 aliphatic rings. The largest absolute Gasteiger partial charge is 0.497 e. The van der Waals surface area contributed by atoms with Crippen LogP contribution >= 0.6 is 0 Å². The summed E-state index contributed by atoms with van der Waals surface area (Å²) in [5.41, 5.74) is 6.18. The molecule has 0 heterocycles. The summed E-state index contributed by atoms with van der Waals surface area (Å²) < 4.78 is 47.6. The van der Waals surface area contributed by atoms with Gasteiger partial charge < -0.3 is 42.6 Å². The van der Waals surface area contributed by atoms with Crippen molar-refractivity contribution in [2.75, 3.05) is 64.0 Å². The molecule has 0 amide bonds. The Kier molecular flexibility index (Phi) is 17.1. The first-order valence-electron chi connectivity index (χ1n) is 21.9. The number of hydrogen-bond acceptors (Lipinski definition) is 9. The van der Waals surface area contributed by atoms with E-state index in [0.717, 1.165) is 85.1 Å². The minimum atomic E-state index is 0.728. The smallest absolute Gasteiger partial charge is 0.168 e. The summed E-state index contributed by atoms with van der Waals surface area (Å²) in [6.45, 7) is 0. The molecule has 4 fully saturated rings. The third kappa shape index (κ3) is 11.6. The van der Waals surface area contributed by atoms with Crippen molar-refractivity contribution in [3.8, 4) is 85.1 Å². The van der Waals surface area contributed by atoms with E-state index in [-0.39, 0.29) is 0 Å². The van der Waals surface area contributed by atoms with Crippen LogP contribution in [0.2, 0.25) is 0 Å². The van der Waals surface area contributed by atoms with Crippen molar-refractivity contribution in [1.82, 2.24) is 0 Å². The van der Waals surface area contributed by atoms with Crippen LogP contribution in [0.25, 0.3) is 33.4 Å². The molecule has 9 nitrogen and oxygen atoms in total. The van der Waals surface area contributed by atoms with Crippen LogP contribution in [-0.2, 0) is 0 Å². The lowest BCUT2D eigenvalue weighted by Gasteiger charge is -2.49. The van der Waals surface area contributed by atoms with Gasteiger partial charge in [0, 0.05) is 16.7 Å². The second-order valence-electron chi connectivity index (χ2n) is 16.2. The van der Waals surface area contributed by atoms with Crippen LogP contribution in [0.1, 0.15) is 38.5 Å². The highest BCUT2D eigenvalue weighted by Gasteiger charge is 2.41. The second-order valence-corrected chi connectivity index (χ2v) is 16.2. The predicted molar refractivity (Wildman–Crippen MR) is 256 cm³/mol. The lowest BCUT2D eigenvalue weighted by atomic mass is 9.56. The van der Waals surface area contributed by atoms with Crippen molar-refractivity contribution in [2.24, 2.45) is 23.7 Å². The average Bonchev–Trinajstić information content (AvgIpc) is 3.35. The van der Waals surface area contributed by atoms with Crippen LogP contribution in [0.4, 0.5) is 0 Å². The Labute approximate surface area is 380 Å². The van der Waals surface area contributed by atoms with Crippen molar-refractivity contribution in [3.63, 3.8) is 0 Å². The summed E-state index contributed by atoms with van der Waals surface area (Å²) in [7, 11) is 14.8. The summed E-state index contributed by atoms with van der Waals surface area (Å²) >= 11 is 0. The molecule has 0 radical (unpaired) electrons. The molecule has 0 atom stereocenters. The Hall–Kier alpha value is -6.48. The maximum Gasteiger partial charge on any atom is 0.168 e. The van der Waals surface area contributed by atoms with E-state index in [9.17, 15) is 0 Å². The fourth-order valence-electron chi connectivity index (χ4n) is 9.64. The molecule has 64 heavy (non-hydrogen) atoms. The Morgan fingerprint density at radius 1 is 0.266 bits per heavy atom. The molecule has 0 unspecified atom stereocenters. The van der Waals surface area contributed by atoms with E-state index in [0.29, 0.717) is 0 Å². The van der Waals surface area contributed by atoms with Gasteiger partial charge in [0.2, 0.25) is 0 Å². The molecule has 0 aromatic heterocycles. The molecule has 10 rings (SSSR count). The minimum absolute atomic E-state index is 0.728. The number of ether oxygens (including phenoxy) is 9. The van der Waals surface area contributed by atoms with Gasteiger partial charge in [0.25, 0.3) is 0 Å². The van der Waals surface area contributed by atoms with Gasteiger partial charge in [-0.25, -0.2) is 0 Å². The highest BCUT2D eigenvalue weighted by atomic mass is 16.5. The van der Waals surface area contributed by atoms with E-state index < -0.39 is 0 Å². The summed E-state index contributed by atoms with van der Waals surface area (Å²) in [6.07, 6.45) is 9.62. The van der Waals surface area contributed by atoms with E-state index in [2.05, 4.69) is 0 Å². The maximum absolute atomic E-state index is 5.42. The van der Waals surface area contributed by atoms with E-state index in [1.54, 1.807) is 103 Å². The third-order valence-corrected chi connectivity index (χ3v) is 12.4. The Bertz CT molecular complexity index is 2050. The average molecular weight is 869 g/mol. The van der Waals surface area contributed by atoms with Gasteiger partial charge in [-0.3, -0.25) is 0 Å². The van der Waals surface area contributed by atoms with E-state index in [1.165, 1.54) is 23.7 Å². The summed E-state index contributed by atoms with van der Waals surface area (Å²) in [4.78, 5) is 0. The number of hydrogen-bond donors (Lipinski definition) is 0. The van der Waals surface area contributed by atoms with Crippen molar-refractivity contribution < 1.29 is 42.6 Å². The molecule has 4 saturated carbocycles. The molecule has 9 heteroatoms. The van der Waals surface area contributed by atoms with Crippen molar-refractivity contribution in [2.45, 2.75) is 38.5 Å². The van der Waals surface area contributed by atoms with Crippen molar-refractivity contribution in [1.29, 1.82) is 0 Å². The monoisotopic (exact) mass is 868 g/mol. The second kappa shape index (κ2) is 23.3. The first-order valence-corrected chi connectivity index (χ1v) is 21.9. The predicted octanol–water partition coefficient (Wildman–Crippen LogP) is 13.0. The van der Waals surface area contributed by atoms with Gasteiger partial charge in [-0.05, 0) is 133 Å². The highest BCUT2D eigenvalue weighted by molar-refractivity contribution is 5.76. The van der Waals surface area contributed by atoms with Crippen LogP contribution in [0.3, 0.4) is 0 Å². The third-order valence-electron chi connectivity index (χ3n) is 12.4. The van der Waals surface area contributed by atoms with E-state index in [4.69, 9.17) is 42.6 Å². The van der Waals surface area contributed by atoms with Crippen LogP contribution in [-0.4, -0.2) is 64.0 Å². The zero-order valence-corrected chi connectivity index (χ0v) is 38.9. The molecule has 6 aromatic carbocycles. The van der Waals surface area contributed by atoms with Gasteiger partial charge in [-0.1, -0.05) is 72.8 Å². The molecule has 0 spiro atoms. The zero-order chi connectivity index (χ0) is 45.4. The quantitative estimate of drug-likeness (QED) is 0.119. The topological polar surface area (TPSA) is 83.1 Å². The minimum Gasteiger partial charge on any atom is -0.497 e. The molecule has 338 valence electrons. The van der Waals surface area contributed by atoms with Crippen LogP contribution in [0, 0.1) is 23.7 Å². The molecule has 0 aliphatic heterocycles. The Morgan fingerprint density at radius 3 is 0.688 bits per heavy atom. The molecular formula is C55H64O9. The van der Waals surface area contributed by atoms with Crippen LogP contribution in [0.5, 0.6) is 51.7 Å². The number of rotatable bonds is 12. The van der Waals surface area contributed by atoms with Gasteiger partial charge in [-0.2, -0.15) is 0 Å². The molecular weight excluding hydrogens is 805 g/mol. The van der Waals surface area contributed by atoms with Crippen molar-refractivity contribution in [3.05, 3.63) is 127 Å². The van der Waals surface area contributed by atoms with Gasteiger partial charge in [-0.15, -0.1) is 0 Å². The van der Waals surface area contributed by atoms with Gasteiger partial charge in [0.05, 0.1) is 64.0 Å². The van der Waals surface area contributed by atoms with Gasteiger partial charge in [0.15, 0.2) is 34.5 Å². The Morgan fingerprint density at radius 2 is 0.500 bits per heavy atom. The number of benzene rings is 6. The molecule has 6 aromatic rings. The van der Waals surface area contributed by atoms with Gasteiger partial charge in [0.1, 0.15) is 17.2 Å². The summed E-state index contributed by atoms with van der Waals surface area (Å²) in [5, 5.41) is 0. The SMILES string of the molecule is C1C2CC3CC1CC(C2)C3.COc1ccc(-c2cccc(OC)c2OC)cc1.COc1ccc(-c2cccc(OC)c2OC)cc1.COc1ccc(-c2cccc(OC)c2OC)cc1. The lowest BCUT2D eigenvalue weighted by Crippen LogP contribution is -2.38. The van der Waals surface area contributed by atoms with Crippen LogP contribution in [0.15, 0.2) is 127 Å². The summed E-state index contributed by atoms with van der Waals surface area (Å²) in [5.74, 6) is 11.6. The first kappa shape index (κ1) is 47.0. The standard InChI is InChI=1S/3C15H16O3.C10H16/c3*1-16-12-9-7-11(8-10-12)13-5-4-6-14(17-2)15(13)18-3;1-7-2-9-4-8(1)5-10(3-7)6-9/h3*4-10H,1-3H3;7-10H,1-6H2. The normalized spacial score (nSPS) is 17.4.